The predicted octanol–water partition coefficient (Wildman–Crippen LogP) is 1.86. The van der Waals surface area contributed by atoms with Gasteiger partial charge in [0.1, 0.15) is 0 Å². The van der Waals surface area contributed by atoms with Gasteiger partial charge in [-0.15, -0.1) is 0 Å². The first-order valence-corrected chi connectivity index (χ1v) is 6.26. The lowest BCUT2D eigenvalue weighted by Gasteiger charge is -2.20. The summed E-state index contributed by atoms with van der Waals surface area (Å²) in [6.45, 7) is 11.4. The van der Waals surface area contributed by atoms with Crippen molar-refractivity contribution in [1.82, 2.24) is 4.90 Å². The van der Waals surface area contributed by atoms with E-state index in [1.165, 1.54) is 19.4 Å². The van der Waals surface area contributed by atoms with E-state index in [9.17, 15) is 0 Å². The van der Waals surface area contributed by atoms with Crippen LogP contribution in [0.1, 0.15) is 40.0 Å². The minimum absolute atomic E-state index is 0.350. The largest absolute Gasteiger partial charge is 0.380 e. The van der Waals surface area contributed by atoms with Crippen LogP contribution >= 0.6 is 0 Å². The fourth-order valence-electron chi connectivity index (χ4n) is 1.57. The van der Waals surface area contributed by atoms with Gasteiger partial charge in [0.2, 0.25) is 0 Å². The number of ether oxygens (including phenoxy) is 1. The summed E-state index contributed by atoms with van der Waals surface area (Å²) in [6.07, 6.45) is 3.63. The van der Waals surface area contributed by atoms with Crippen LogP contribution in [-0.2, 0) is 4.74 Å². The minimum atomic E-state index is 0.350. The molecule has 0 amide bonds. The molecule has 2 N–H and O–H groups in total. The molecular formula is C12H28N2O. The molecule has 0 saturated carbocycles. The zero-order valence-electron chi connectivity index (χ0n) is 10.7. The van der Waals surface area contributed by atoms with Gasteiger partial charge in [-0.2, -0.15) is 0 Å². The van der Waals surface area contributed by atoms with Crippen molar-refractivity contribution in [2.45, 2.75) is 46.1 Å². The molecule has 0 bridgehead atoms. The highest BCUT2D eigenvalue weighted by molar-refractivity contribution is 4.58. The zero-order valence-corrected chi connectivity index (χ0v) is 10.7. The molecule has 92 valence electrons. The predicted molar refractivity (Wildman–Crippen MR) is 66.1 cm³/mol. The number of hydrogen-bond donors (Lipinski definition) is 1. The van der Waals surface area contributed by atoms with Crippen molar-refractivity contribution < 1.29 is 4.74 Å². The van der Waals surface area contributed by atoms with Crippen LogP contribution in [0, 0.1) is 0 Å². The van der Waals surface area contributed by atoms with Gasteiger partial charge in [0.05, 0.1) is 6.61 Å². The van der Waals surface area contributed by atoms with Gasteiger partial charge in [-0.05, 0) is 39.8 Å². The molecule has 0 fully saturated rings. The summed E-state index contributed by atoms with van der Waals surface area (Å²) in [5.74, 6) is 0. The van der Waals surface area contributed by atoms with Crippen LogP contribution in [0.15, 0.2) is 0 Å². The average molecular weight is 216 g/mol. The van der Waals surface area contributed by atoms with Crippen LogP contribution in [-0.4, -0.2) is 43.8 Å². The fourth-order valence-corrected chi connectivity index (χ4v) is 1.57. The van der Waals surface area contributed by atoms with Gasteiger partial charge in [-0.25, -0.2) is 0 Å². The summed E-state index contributed by atoms with van der Waals surface area (Å²) in [5, 5.41) is 0. The van der Waals surface area contributed by atoms with Gasteiger partial charge in [-0.3, -0.25) is 0 Å². The average Bonchev–Trinajstić information content (AvgIpc) is 2.21. The van der Waals surface area contributed by atoms with Gasteiger partial charge in [0, 0.05) is 19.2 Å². The molecule has 0 aliphatic carbocycles. The van der Waals surface area contributed by atoms with Crippen LogP contribution in [0.3, 0.4) is 0 Å². The molecule has 0 aromatic carbocycles. The highest BCUT2D eigenvalue weighted by atomic mass is 16.5. The number of likely N-dealkylation sites (N-methyl/N-ethyl adjacent to an activating group) is 1. The SMILES string of the molecule is CCOCCN(CC)CCCCC(C)N. The molecule has 0 saturated heterocycles. The third-order valence-electron chi connectivity index (χ3n) is 2.59. The Morgan fingerprint density at radius 1 is 1.20 bits per heavy atom. The molecule has 0 heterocycles. The van der Waals surface area contributed by atoms with E-state index >= 15 is 0 Å². The molecule has 3 heteroatoms. The third kappa shape index (κ3) is 10.2. The molecule has 0 rings (SSSR count). The van der Waals surface area contributed by atoms with E-state index in [4.69, 9.17) is 10.5 Å². The quantitative estimate of drug-likeness (QED) is 0.567. The van der Waals surface area contributed by atoms with E-state index in [2.05, 4.69) is 18.7 Å². The van der Waals surface area contributed by atoms with Gasteiger partial charge < -0.3 is 15.4 Å². The molecule has 15 heavy (non-hydrogen) atoms. The van der Waals surface area contributed by atoms with Crippen molar-refractivity contribution in [3.63, 3.8) is 0 Å². The first-order valence-electron chi connectivity index (χ1n) is 6.26. The maximum absolute atomic E-state index is 5.71. The van der Waals surface area contributed by atoms with Gasteiger partial charge in [-0.1, -0.05) is 13.3 Å². The lowest BCUT2D eigenvalue weighted by atomic mass is 10.1. The monoisotopic (exact) mass is 216 g/mol. The van der Waals surface area contributed by atoms with E-state index in [0.717, 1.165) is 32.7 Å². The lowest BCUT2D eigenvalue weighted by molar-refractivity contribution is 0.114. The molecule has 0 spiro atoms. The molecule has 0 aliphatic rings. The van der Waals surface area contributed by atoms with Crippen LogP contribution < -0.4 is 5.73 Å². The highest BCUT2D eigenvalue weighted by Gasteiger charge is 2.02. The van der Waals surface area contributed by atoms with Gasteiger partial charge in [0.25, 0.3) is 0 Å². The highest BCUT2D eigenvalue weighted by Crippen LogP contribution is 2.00. The van der Waals surface area contributed by atoms with Gasteiger partial charge in [0.15, 0.2) is 0 Å². The Morgan fingerprint density at radius 3 is 2.47 bits per heavy atom. The lowest BCUT2D eigenvalue weighted by Crippen LogP contribution is -2.28. The molecular weight excluding hydrogens is 188 g/mol. The number of nitrogens with two attached hydrogens (primary N) is 1. The summed E-state index contributed by atoms with van der Waals surface area (Å²) in [6, 6.07) is 0.350. The van der Waals surface area contributed by atoms with Crippen molar-refractivity contribution in [2.24, 2.45) is 5.73 Å². The molecule has 0 aromatic rings. The topological polar surface area (TPSA) is 38.5 Å². The van der Waals surface area contributed by atoms with Crippen molar-refractivity contribution in [3.05, 3.63) is 0 Å². The number of nitrogens with zero attached hydrogens (tertiary/aromatic N) is 1. The first kappa shape index (κ1) is 14.9. The van der Waals surface area contributed by atoms with Crippen molar-refractivity contribution in [2.75, 3.05) is 32.8 Å². The number of hydrogen-bond acceptors (Lipinski definition) is 3. The van der Waals surface area contributed by atoms with Crippen LogP contribution in [0.2, 0.25) is 0 Å². The van der Waals surface area contributed by atoms with E-state index in [1.54, 1.807) is 0 Å². The minimum Gasteiger partial charge on any atom is -0.380 e. The Hall–Kier alpha value is -0.120. The van der Waals surface area contributed by atoms with E-state index in [-0.39, 0.29) is 0 Å². The van der Waals surface area contributed by atoms with Crippen molar-refractivity contribution in [1.29, 1.82) is 0 Å². The normalized spacial score (nSPS) is 13.4. The summed E-state index contributed by atoms with van der Waals surface area (Å²) < 4.78 is 5.35. The molecule has 0 aliphatic heterocycles. The Balaban J connectivity index is 3.35. The van der Waals surface area contributed by atoms with E-state index in [0.29, 0.717) is 6.04 Å². The second-order valence-electron chi connectivity index (χ2n) is 4.10. The van der Waals surface area contributed by atoms with Crippen LogP contribution in [0.5, 0.6) is 0 Å². The van der Waals surface area contributed by atoms with Crippen molar-refractivity contribution >= 4 is 0 Å². The van der Waals surface area contributed by atoms with Crippen molar-refractivity contribution in [3.8, 4) is 0 Å². The molecule has 3 nitrogen and oxygen atoms in total. The summed E-state index contributed by atoms with van der Waals surface area (Å²) in [5.41, 5.74) is 5.71. The first-order chi connectivity index (χ1) is 7.20. The third-order valence-corrected chi connectivity index (χ3v) is 2.59. The Kier molecular flexibility index (Phi) is 10.3. The summed E-state index contributed by atoms with van der Waals surface area (Å²) in [7, 11) is 0. The molecule has 1 atom stereocenters. The summed E-state index contributed by atoms with van der Waals surface area (Å²) >= 11 is 0. The van der Waals surface area contributed by atoms with E-state index < -0.39 is 0 Å². The smallest absolute Gasteiger partial charge is 0.0593 e. The zero-order chi connectivity index (χ0) is 11.5. The Labute approximate surface area is 95.0 Å². The Morgan fingerprint density at radius 2 is 1.93 bits per heavy atom. The second-order valence-corrected chi connectivity index (χ2v) is 4.10. The van der Waals surface area contributed by atoms with Crippen LogP contribution in [0.4, 0.5) is 0 Å². The summed E-state index contributed by atoms with van der Waals surface area (Å²) in [4.78, 5) is 2.44. The fraction of sp³-hybridized carbons (Fsp3) is 1.00. The second kappa shape index (κ2) is 10.4. The molecule has 1 unspecified atom stereocenters. The van der Waals surface area contributed by atoms with Gasteiger partial charge >= 0.3 is 0 Å². The molecule has 0 radical (unpaired) electrons. The number of rotatable bonds is 10. The maximum atomic E-state index is 5.71. The number of unbranched alkanes of at least 4 members (excludes halogenated alkanes) is 1. The van der Waals surface area contributed by atoms with E-state index in [1.807, 2.05) is 6.92 Å². The maximum Gasteiger partial charge on any atom is 0.0593 e. The standard InChI is InChI=1S/C12H28N2O/c1-4-14(10-11-15-5-2)9-7-6-8-12(3)13/h12H,4-11,13H2,1-3H3. The van der Waals surface area contributed by atoms with Crippen LogP contribution in [0.25, 0.3) is 0 Å². The molecule has 0 aromatic heterocycles. The Bertz CT molecular complexity index is 129.